The number of rotatable bonds is 31. The van der Waals surface area contributed by atoms with Crippen LogP contribution in [0.3, 0.4) is 0 Å². The second-order valence-corrected chi connectivity index (χ2v) is 13.7. The van der Waals surface area contributed by atoms with E-state index in [4.69, 9.17) is 9.84 Å². The van der Waals surface area contributed by atoms with Gasteiger partial charge in [0.1, 0.15) is 12.6 Å². The van der Waals surface area contributed by atoms with E-state index in [9.17, 15) is 19.5 Å². The van der Waals surface area contributed by atoms with E-state index >= 15 is 0 Å². The molecule has 0 bridgehead atoms. The molecule has 254 valence electrons. The molecule has 0 saturated carbocycles. The molecule has 7 heteroatoms. The lowest BCUT2D eigenvalue weighted by Gasteiger charge is -2.19. The number of aliphatic carboxylic acids is 1. The monoisotopic (exact) mass is 612 g/mol. The van der Waals surface area contributed by atoms with Crippen molar-refractivity contribution < 1.29 is 29.3 Å². The second-order valence-electron chi connectivity index (χ2n) is 13.7. The first-order chi connectivity index (χ1) is 20.6. The lowest BCUT2D eigenvalue weighted by atomic mass is 10.0. The first-order valence-electron chi connectivity index (χ1n) is 18.0. The highest BCUT2D eigenvalue weighted by molar-refractivity contribution is 5.81. The van der Waals surface area contributed by atoms with Crippen LogP contribution in [0.4, 0.5) is 0 Å². The topological polar surface area (TPSA) is 113 Å². The third kappa shape index (κ3) is 31.6. The fourth-order valence-electron chi connectivity index (χ4n) is 5.52. The summed E-state index contributed by atoms with van der Waals surface area (Å²) in [6.07, 6.45) is 23.9. The number of esters is 1. The third-order valence-corrected chi connectivity index (χ3v) is 8.18. The highest BCUT2D eigenvalue weighted by atomic mass is 16.5. The molecular formula is C36H69NO6. The number of ether oxygens (including phenoxy) is 1. The molecule has 0 aliphatic heterocycles. The molecule has 2 unspecified atom stereocenters. The molecule has 0 fully saturated rings. The molecule has 0 aromatic carbocycles. The van der Waals surface area contributed by atoms with Crippen molar-refractivity contribution in [1.29, 1.82) is 0 Å². The molecule has 0 heterocycles. The van der Waals surface area contributed by atoms with Crippen molar-refractivity contribution in [3.8, 4) is 0 Å². The van der Waals surface area contributed by atoms with E-state index in [1.165, 1.54) is 89.9 Å². The van der Waals surface area contributed by atoms with Crippen LogP contribution in [-0.2, 0) is 19.1 Å². The van der Waals surface area contributed by atoms with Crippen LogP contribution in [0, 0.1) is 11.8 Å². The Morgan fingerprint density at radius 1 is 0.558 bits per heavy atom. The van der Waals surface area contributed by atoms with Crippen LogP contribution in [0.15, 0.2) is 0 Å². The van der Waals surface area contributed by atoms with Gasteiger partial charge in [-0.05, 0) is 31.1 Å². The van der Waals surface area contributed by atoms with Crippen LogP contribution < -0.4 is 5.32 Å². The van der Waals surface area contributed by atoms with Crippen LogP contribution in [0.2, 0.25) is 0 Å². The molecule has 0 rings (SSSR count). The lowest BCUT2D eigenvalue weighted by Crippen LogP contribution is -2.33. The predicted octanol–water partition coefficient (Wildman–Crippen LogP) is 9.13. The highest BCUT2D eigenvalue weighted by Crippen LogP contribution is 2.18. The van der Waals surface area contributed by atoms with Gasteiger partial charge in [0, 0.05) is 0 Å². The minimum absolute atomic E-state index is 0.0524. The predicted molar refractivity (Wildman–Crippen MR) is 177 cm³/mol. The summed E-state index contributed by atoms with van der Waals surface area (Å²) in [4.78, 5) is 35.5. The molecular weight excluding hydrogens is 542 g/mol. The number of carbonyl (C=O) groups is 3. The van der Waals surface area contributed by atoms with Gasteiger partial charge in [-0.25, -0.2) is 0 Å². The molecule has 0 aromatic heterocycles. The number of amides is 1. The van der Waals surface area contributed by atoms with Crippen molar-refractivity contribution in [2.75, 3.05) is 6.54 Å². The number of carboxylic acid groups (broad SMARTS) is 1. The first kappa shape index (κ1) is 41.4. The number of hydrogen-bond acceptors (Lipinski definition) is 5. The summed E-state index contributed by atoms with van der Waals surface area (Å²) < 4.78 is 5.60. The van der Waals surface area contributed by atoms with Crippen LogP contribution in [0.1, 0.15) is 182 Å². The summed E-state index contributed by atoms with van der Waals surface area (Å²) in [7, 11) is 0. The van der Waals surface area contributed by atoms with Gasteiger partial charge >= 0.3 is 11.9 Å². The number of nitrogens with one attached hydrogen (secondary N) is 1. The zero-order chi connectivity index (χ0) is 32.1. The Morgan fingerprint density at radius 3 is 1.33 bits per heavy atom. The zero-order valence-electron chi connectivity index (χ0n) is 28.5. The molecule has 43 heavy (non-hydrogen) atoms. The summed E-state index contributed by atoms with van der Waals surface area (Å²) in [5.74, 6) is -0.437. The Kier molecular flexibility index (Phi) is 28.0. The van der Waals surface area contributed by atoms with E-state index < -0.39 is 36.6 Å². The van der Waals surface area contributed by atoms with Crippen molar-refractivity contribution in [1.82, 2.24) is 5.32 Å². The molecule has 2 atom stereocenters. The number of carboxylic acids is 1. The molecule has 7 nitrogen and oxygen atoms in total. The Morgan fingerprint density at radius 2 is 0.930 bits per heavy atom. The molecule has 0 aliphatic carbocycles. The highest BCUT2D eigenvalue weighted by Gasteiger charge is 2.20. The number of aliphatic hydroxyl groups excluding tert-OH is 1. The molecule has 1 amide bonds. The molecule has 0 aromatic rings. The SMILES string of the molecule is CC(C)CCCCCCCCCCCC(O)CC(=O)OC(CCCCCCCCCCCC(C)C)CC(=O)NCC(=O)O. The Balaban J connectivity index is 4.16. The van der Waals surface area contributed by atoms with E-state index in [0.29, 0.717) is 12.8 Å². The summed E-state index contributed by atoms with van der Waals surface area (Å²) in [5.41, 5.74) is 0. The average Bonchev–Trinajstić information content (AvgIpc) is 2.92. The van der Waals surface area contributed by atoms with Crippen molar-refractivity contribution in [3.05, 3.63) is 0 Å². The van der Waals surface area contributed by atoms with Gasteiger partial charge in [0.05, 0.1) is 18.9 Å². The van der Waals surface area contributed by atoms with Crippen molar-refractivity contribution in [2.24, 2.45) is 11.8 Å². The van der Waals surface area contributed by atoms with Crippen molar-refractivity contribution in [3.63, 3.8) is 0 Å². The summed E-state index contributed by atoms with van der Waals surface area (Å²) in [6.45, 7) is 8.67. The number of aliphatic hydroxyl groups is 1. The number of carbonyl (C=O) groups excluding carboxylic acids is 2. The Bertz CT molecular complexity index is 681. The van der Waals surface area contributed by atoms with Gasteiger partial charge in [0.2, 0.25) is 5.91 Å². The van der Waals surface area contributed by atoms with Gasteiger partial charge in [0.25, 0.3) is 0 Å². The van der Waals surface area contributed by atoms with Crippen molar-refractivity contribution >= 4 is 17.8 Å². The van der Waals surface area contributed by atoms with Gasteiger partial charge in [-0.3, -0.25) is 14.4 Å². The Labute approximate surface area is 264 Å². The normalized spacial score (nSPS) is 12.9. The van der Waals surface area contributed by atoms with E-state index in [-0.39, 0.29) is 12.8 Å². The number of unbranched alkanes of at least 4 members (excludes halogenated alkanes) is 16. The molecule has 0 aliphatic rings. The van der Waals surface area contributed by atoms with Gasteiger partial charge in [-0.2, -0.15) is 0 Å². The van der Waals surface area contributed by atoms with Gasteiger partial charge in [-0.15, -0.1) is 0 Å². The smallest absolute Gasteiger partial charge is 0.322 e. The maximum atomic E-state index is 12.5. The van der Waals surface area contributed by atoms with Crippen LogP contribution >= 0.6 is 0 Å². The summed E-state index contributed by atoms with van der Waals surface area (Å²) in [5, 5.41) is 21.5. The first-order valence-corrected chi connectivity index (χ1v) is 18.0. The van der Waals surface area contributed by atoms with Crippen LogP contribution in [0.25, 0.3) is 0 Å². The van der Waals surface area contributed by atoms with E-state index in [2.05, 4.69) is 33.0 Å². The van der Waals surface area contributed by atoms with Gasteiger partial charge in [-0.1, -0.05) is 150 Å². The van der Waals surface area contributed by atoms with Crippen LogP contribution in [0.5, 0.6) is 0 Å². The maximum Gasteiger partial charge on any atom is 0.322 e. The van der Waals surface area contributed by atoms with Crippen molar-refractivity contribution in [2.45, 2.75) is 194 Å². The largest absolute Gasteiger partial charge is 0.480 e. The minimum Gasteiger partial charge on any atom is -0.480 e. The minimum atomic E-state index is -1.11. The maximum absolute atomic E-state index is 12.5. The fraction of sp³-hybridized carbons (Fsp3) is 0.917. The molecule has 0 spiro atoms. The van der Waals surface area contributed by atoms with E-state index in [1.807, 2.05) is 0 Å². The fourth-order valence-corrected chi connectivity index (χ4v) is 5.52. The summed E-state index contributed by atoms with van der Waals surface area (Å²) in [6, 6.07) is 0. The lowest BCUT2D eigenvalue weighted by molar-refractivity contribution is -0.153. The van der Waals surface area contributed by atoms with E-state index in [0.717, 1.165) is 50.4 Å². The van der Waals surface area contributed by atoms with Gasteiger partial charge < -0.3 is 20.3 Å². The zero-order valence-corrected chi connectivity index (χ0v) is 28.5. The van der Waals surface area contributed by atoms with E-state index in [1.54, 1.807) is 0 Å². The quantitative estimate of drug-likeness (QED) is 0.0532. The van der Waals surface area contributed by atoms with Crippen LogP contribution in [-0.4, -0.2) is 46.8 Å². The average molecular weight is 612 g/mol. The van der Waals surface area contributed by atoms with Gasteiger partial charge in [0.15, 0.2) is 0 Å². The Hall–Kier alpha value is -1.63. The second kappa shape index (κ2) is 29.1. The molecule has 0 radical (unpaired) electrons. The molecule has 3 N–H and O–H groups in total. The summed E-state index contributed by atoms with van der Waals surface area (Å²) >= 11 is 0. The standard InChI is InChI=1S/C36H69NO6/c1-30(2)23-19-15-11-7-5-9-13-17-21-25-32(38)27-36(42)43-33(28-34(39)37-29-35(40)41)26-22-18-14-10-6-8-12-16-20-24-31(3)4/h30-33,38H,5-29H2,1-4H3,(H,37,39)(H,40,41). The number of hydrogen-bond donors (Lipinski definition) is 3. The molecule has 0 saturated heterocycles. The third-order valence-electron chi connectivity index (χ3n) is 8.18.